The van der Waals surface area contributed by atoms with Gasteiger partial charge in [0.25, 0.3) is 0 Å². The molecule has 1 atom stereocenters. The Kier molecular flexibility index (Phi) is 5.00. The van der Waals surface area contributed by atoms with Gasteiger partial charge in [-0.3, -0.25) is 9.48 Å². The van der Waals surface area contributed by atoms with Crippen LogP contribution in [0.2, 0.25) is 0 Å². The molecule has 24 heavy (non-hydrogen) atoms. The first-order valence-electron chi connectivity index (χ1n) is 7.69. The molecule has 0 saturated carbocycles. The number of anilines is 1. The molecule has 5 nitrogen and oxygen atoms in total. The Labute approximate surface area is 137 Å². The molecule has 1 amide bonds. The number of carbonyl (C=O) groups excluding carboxylic acids is 1. The maximum atomic E-state index is 13.5. The predicted octanol–water partition coefficient (Wildman–Crippen LogP) is 2.99. The van der Waals surface area contributed by atoms with Gasteiger partial charge >= 0.3 is 0 Å². The van der Waals surface area contributed by atoms with Crippen LogP contribution in [0.4, 0.5) is 14.5 Å². The molecule has 1 fully saturated rings. The molecule has 1 aromatic carbocycles. The van der Waals surface area contributed by atoms with Gasteiger partial charge in [0, 0.05) is 24.4 Å². The Morgan fingerprint density at radius 1 is 1.42 bits per heavy atom. The minimum Gasteiger partial charge on any atom is -0.376 e. The van der Waals surface area contributed by atoms with Crippen molar-refractivity contribution in [1.82, 2.24) is 9.78 Å². The summed E-state index contributed by atoms with van der Waals surface area (Å²) in [5.41, 5.74) is 0.262. The van der Waals surface area contributed by atoms with E-state index in [4.69, 9.17) is 4.74 Å². The summed E-state index contributed by atoms with van der Waals surface area (Å²) >= 11 is 0. The summed E-state index contributed by atoms with van der Waals surface area (Å²) in [6.07, 6.45) is 7.60. The van der Waals surface area contributed by atoms with Gasteiger partial charge in [0.2, 0.25) is 5.91 Å². The number of ether oxygens (including phenoxy) is 1. The van der Waals surface area contributed by atoms with E-state index in [0.29, 0.717) is 12.2 Å². The van der Waals surface area contributed by atoms with Crippen molar-refractivity contribution in [2.24, 2.45) is 0 Å². The van der Waals surface area contributed by atoms with E-state index in [9.17, 15) is 13.6 Å². The maximum absolute atomic E-state index is 13.5. The van der Waals surface area contributed by atoms with Crippen LogP contribution in [-0.4, -0.2) is 28.4 Å². The average molecular weight is 333 g/mol. The highest BCUT2D eigenvalue weighted by atomic mass is 19.1. The fourth-order valence-electron chi connectivity index (χ4n) is 2.54. The molecule has 3 rings (SSSR count). The number of hydrogen-bond acceptors (Lipinski definition) is 3. The summed E-state index contributed by atoms with van der Waals surface area (Å²) in [7, 11) is 0. The van der Waals surface area contributed by atoms with Crippen LogP contribution in [-0.2, 0) is 16.1 Å². The zero-order valence-electron chi connectivity index (χ0n) is 12.9. The quantitative estimate of drug-likeness (QED) is 0.856. The molecule has 1 saturated heterocycles. The number of hydrogen-bond donors (Lipinski definition) is 1. The van der Waals surface area contributed by atoms with E-state index in [0.717, 1.165) is 43.7 Å². The number of aromatic nitrogens is 2. The molecule has 0 spiro atoms. The molecule has 1 aromatic heterocycles. The lowest BCUT2D eigenvalue weighted by Crippen LogP contribution is -2.15. The third kappa shape index (κ3) is 4.05. The predicted molar refractivity (Wildman–Crippen MR) is 85.2 cm³/mol. The van der Waals surface area contributed by atoms with Gasteiger partial charge in [-0.2, -0.15) is 5.10 Å². The van der Waals surface area contributed by atoms with E-state index in [-0.39, 0.29) is 11.7 Å². The molecule has 7 heteroatoms. The van der Waals surface area contributed by atoms with Crippen LogP contribution in [0.25, 0.3) is 6.08 Å². The second-order valence-corrected chi connectivity index (χ2v) is 5.54. The molecular formula is C17H17F2N3O2. The van der Waals surface area contributed by atoms with Crippen LogP contribution in [0.15, 0.2) is 36.7 Å². The third-order valence-electron chi connectivity index (χ3n) is 3.72. The van der Waals surface area contributed by atoms with Gasteiger partial charge in [-0.1, -0.05) is 6.07 Å². The number of nitrogens with zero attached hydrogens (tertiary/aromatic N) is 2. The third-order valence-corrected chi connectivity index (χ3v) is 3.72. The fourth-order valence-corrected chi connectivity index (χ4v) is 2.54. The Morgan fingerprint density at radius 2 is 2.21 bits per heavy atom. The lowest BCUT2D eigenvalue weighted by Gasteiger charge is -2.08. The molecule has 2 heterocycles. The van der Waals surface area contributed by atoms with Gasteiger partial charge in [0.1, 0.15) is 11.6 Å². The number of amides is 1. The van der Waals surface area contributed by atoms with E-state index in [2.05, 4.69) is 10.4 Å². The SMILES string of the molecule is O=C(/C=C\c1c(F)cccc1F)Nc1cnn(C[C@H]2CCCO2)c1. The van der Waals surface area contributed by atoms with Crippen LogP contribution < -0.4 is 5.32 Å². The fraction of sp³-hybridized carbons (Fsp3) is 0.294. The van der Waals surface area contributed by atoms with Crippen LogP contribution in [0, 0.1) is 11.6 Å². The van der Waals surface area contributed by atoms with Crippen LogP contribution >= 0.6 is 0 Å². The average Bonchev–Trinajstić information content (AvgIpc) is 3.19. The van der Waals surface area contributed by atoms with Gasteiger partial charge in [-0.05, 0) is 31.1 Å². The molecule has 0 radical (unpaired) electrons. The first-order valence-corrected chi connectivity index (χ1v) is 7.69. The zero-order valence-corrected chi connectivity index (χ0v) is 12.9. The van der Waals surface area contributed by atoms with Crippen molar-refractivity contribution in [1.29, 1.82) is 0 Å². The van der Waals surface area contributed by atoms with E-state index in [1.165, 1.54) is 12.3 Å². The topological polar surface area (TPSA) is 56.2 Å². The van der Waals surface area contributed by atoms with Crippen molar-refractivity contribution in [3.05, 3.63) is 53.9 Å². The van der Waals surface area contributed by atoms with Gasteiger partial charge in [-0.25, -0.2) is 8.78 Å². The minimum absolute atomic E-state index is 0.150. The summed E-state index contributed by atoms with van der Waals surface area (Å²) in [5.74, 6) is -1.93. The van der Waals surface area contributed by atoms with Crippen molar-refractivity contribution in [2.45, 2.75) is 25.5 Å². The second-order valence-electron chi connectivity index (χ2n) is 5.54. The lowest BCUT2D eigenvalue weighted by molar-refractivity contribution is -0.111. The Balaban J connectivity index is 1.58. The molecule has 126 valence electrons. The highest BCUT2D eigenvalue weighted by molar-refractivity contribution is 6.01. The monoisotopic (exact) mass is 333 g/mol. The Bertz CT molecular complexity index is 732. The van der Waals surface area contributed by atoms with Crippen LogP contribution in [0.5, 0.6) is 0 Å². The molecule has 0 unspecified atom stereocenters. The zero-order chi connectivity index (χ0) is 16.9. The highest BCUT2D eigenvalue weighted by Crippen LogP contribution is 2.16. The first kappa shape index (κ1) is 16.3. The minimum atomic E-state index is -0.719. The van der Waals surface area contributed by atoms with Crippen LogP contribution in [0.3, 0.4) is 0 Å². The number of benzene rings is 1. The van der Waals surface area contributed by atoms with Crippen molar-refractivity contribution >= 4 is 17.7 Å². The number of nitrogens with one attached hydrogen (secondary N) is 1. The van der Waals surface area contributed by atoms with E-state index < -0.39 is 17.5 Å². The summed E-state index contributed by atoms with van der Waals surface area (Å²) in [4.78, 5) is 11.9. The number of rotatable bonds is 5. The summed E-state index contributed by atoms with van der Waals surface area (Å²) < 4.78 is 34.2. The van der Waals surface area contributed by atoms with Crippen molar-refractivity contribution in [3.8, 4) is 0 Å². The number of carbonyl (C=O) groups is 1. The van der Waals surface area contributed by atoms with Crippen molar-refractivity contribution < 1.29 is 18.3 Å². The van der Waals surface area contributed by atoms with Gasteiger partial charge in [0.05, 0.1) is 24.5 Å². The highest BCUT2D eigenvalue weighted by Gasteiger charge is 2.16. The summed E-state index contributed by atoms with van der Waals surface area (Å²) in [5, 5.41) is 6.76. The Morgan fingerprint density at radius 3 is 2.92 bits per heavy atom. The Hall–Kier alpha value is -2.54. The van der Waals surface area contributed by atoms with Gasteiger partial charge in [-0.15, -0.1) is 0 Å². The second kappa shape index (κ2) is 7.35. The smallest absolute Gasteiger partial charge is 0.248 e. The lowest BCUT2D eigenvalue weighted by atomic mass is 10.2. The van der Waals surface area contributed by atoms with E-state index in [1.54, 1.807) is 10.9 Å². The summed E-state index contributed by atoms with van der Waals surface area (Å²) in [6.45, 7) is 1.40. The molecular weight excluding hydrogens is 316 g/mol. The van der Waals surface area contributed by atoms with Gasteiger partial charge in [0.15, 0.2) is 0 Å². The van der Waals surface area contributed by atoms with Crippen molar-refractivity contribution in [2.75, 3.05) is 11.9 Å². The maximum Gasteiger partial charge on any atom is 0.248 e. The molecule has 1 N–H and O–H groups in total. The first-order chi connectivity index (χ1) is 11.6. The molecule has 0 aliphatic carbocycles. The van der Waals surface area contributed by atoms with Gasteiger partial charge < -0.3 is 10.1 Å². The normalized spacial score (nSPS) is 17.5. The molecule has 1 aliphatic heterocycles. The van der Waals surface area contributed by atoms with E-state index in [1.807, 2.05) is 0 Å². The standard InChI is InChI=1S/C17H17F2N3O2/c18-15-4-1-5-16(19)14(15)6-7-17(23)21-12-9-20-22(10-12)11-13-3-2-8-24-13/h1,4-7,9-10,13H,2-3,8,11H2,(H,21,23)/b7-6-/t13-/m1/s1. The van der Waals surface area contributed by atoms with E-state index >= 15 is 0 Å². The van der Waals surface area contributed by atoms with Crippen LogP contribution in [0.1, 0.15) is 18.4 Å². The molecule has 2 aromatic rings. The molecule has 1 aliphatic rings. The molecule has 0 bridgehead atoms. The number of halogens is 2. The summed E-state index contributed by atoms with van der Waals surface area (Å²) in [6, 6.07) is 3.54. The van der Waals surface area contributed by atoms with Crippen molar-refractivity contribution in [3.63, 3.8) is 0 Å². The largest absolute Gasteiger partial charge is 0.376 e.